The van der Waals surface area contributed by atoms with E-state index >= 15 is 0 Å². The van der Waals surface area contributed by atoms with Gasteiger partial charge in [0.25, 0.3) is 15.9 Å². The molecular formula is C26H31N3O5S2. The first kappa shape index (κ1) is 26.1. The SMILES string of the molecule is COc1cccc(NS(=O)(=O)c2ccc3[nH]cc(C(=O)NCCCSC4CCCCC4)c(=O)c3c2)c1. The third kappa shape index (κ3) is 6.41. The molecule has 10 heteroatoms. The van der Waals surface area contributed by atoms with Crippen LogP contribution in [-0.4, -0.2) is 44.0 Å². The lowest BCUT2D eigenvalue weighted by Crippen LogP contribution is -2.30. The quantitative estimate of drug-likeness (QED) is 0.332. The highest BCUT2D eigenvalue weighted by molar-refractivity contribution is 7.99. The first-order valence-corrected chi connectivity index (χ1v) is 14.6. The fraction of sp³-hybridized carbons (Fsp3) is 0.385. The zero-order valence-electron chi connectivity index (χ0n) is 20.2. The number of carbonyl (C=O) groups is 1. The van der Waals surface area contributed by atoms with E-state index in [9.17, 15) is 18.0 Å². The van der Waals surface area contributed by atoms with Crippen molar-refractivity contribution in [2.75, 3.05) is 24.1 Å². The van der Waals surface area contributed by atoms with Crippen LogP contribution in [-0.2, 0) is 10.0 Å². The number of rotatable bonds is 10. The lowest BCUT2D eigenvalue weighted by atomic mass is 10.0. The number of thioether (sulfide) groups is 1. The second-order valence-corrected chi connectivity index (χ2v) is 11.9. The number of methoxy groups -OCH3 is 1. The molecule has 0 unspecified atom stereocenters. The van der Waals surface area contributed by atoms with Crippen molar-refractivity contribution in [2.45, 2.75) is 48.7 Å². The van der Waals surface area contributed by atoms with Crippen LogP contribution in [0.25, 0.3) is 10.9 Å². The molecule has 192 valence electrons. The van der Waals surface area contributed by atoms with E-state index < -0.39 is 21.4 Å². The molecule has 0 bridgehead atoms. The Kier molecular flexibility index (Phi) is 8.58. The van der Waals surface area contributed by atoms with Gasteiger partial charge in [0.15, 0.2) is 0 Å². The fourth-order valence-corrected chi connectivity index (χ4v) is 6.67. The Morgan fingerprint density at radius 2 is 1.94 bits per heavy atom. The number of carbonyl (C=O) groups excluding carboxylic acids is 1. The first-order valence-electron chi connectivity index (χ1n) is 12.1. The molecule has 1 fully saturated rings. The van der Waals surface area contributed by atoms with Crippen LogP contribution in [0.5, 0.6) is 5.75 Å². The number of nitrogens with one attached hydrogen (secondary N) is 3. The van der Waals surface area contributed by atoms with Crippen LogP contribution in [0.1, 0.15) is 48.9 Å². The number of amides is 1. The minimum absolute atomic E-state index is 0.0438. The average molecular weight is 530 g/mol. The number of hydrogen-bond donors (Lipinski definition) is 3. The summed E-state index contributed by atoms with van der Waals surface area (Å²) in [5.41, 5.74) is 0.216. The van der Waals surface area contributed by atoms with Crippen LogP contribution in [0.3, 0.4) is 0 Å². The van der Waals surface area contributed by atoms with Gasteiger partial charge in [0.05, 0.1) is 17.7 Å². The largest absolute Gasteiger partial charge is 0.497 e. The van der Waals surface area contributed by atoms with Crippen molar-refractivity contribution in [1.82, 2.24) is 10.3 Å². The summed E-state index contributed by atoms with van der Waals surface area (Å²) in [6.07, 6.45) is 8.70. The van der Waals surface area contributed by atoms with Crippen molar-refractivity contribution in [3.63, 3.8) is 0 Å². The molecule has 8 nitrogen and oxygen atoms in total. The molecule has 1 heterocycles. The van der Waals surface area contributed by atoms with Crippen LogP contribution in [0.4, 0.5) is 5.69 Å². The number of aromatic nitrogens is 1. The van der Waals surface area contributed by atoms with E-state index in [1.807, 2.05) is 11.8 Å². The van der Waals surface area contributed by atoms with Gasteiger partial charge >= 0.3 is 0 Å². The van der Waals surface area contributed by atoms with Crippen molar-refractivity contribution in [1.29, 1.82) is 0 Å². The minimum atomic E-state index is -3.97. The van der Waals surface area contributed by atoms with Crippen LogP contribution in [0, 0.1) is 0 Å². The molecule has 1 aliphatic rings. The third-order valence-corrected chi connectivity index (χ3v) is 9.09. The van der Waals surface area contributed by atoms with Gasteiger partial charge in [-0.15, -0.1) is 0 Å². The number of hydrogen-bond acceptors (Lipinski definition) is 6. The molecule has 1 aromatic heterocycles. The maximum absolute atomic E-state index is 13.1. The lowest BCUT2D eigenvalue weighted by molar-refractivity contribution is 0.0952. The number of fused-ring (bicyclic) bond motifs is 1. The molecule has 0 spiro atoms. The molecule has 0 aliphatic heterocycles. The number of anilines is 1. The van der Waals surface area contributed by atoms with Crippen molar-refractivity contribution in [3.05, 3.63) is 64.4 Å². The Morgan fingerprint density at radius 3 is 2.72 bits per heavy atom. The van der Waals surface area contributed by atoms with Crippen LogP contribution in [0.15, 0.2) is 58.4 Å². The summed E-state index contributed by atoms with van der Waals surface area (Å²) in [6.45, 7) is 0.481. The molecular weight excluding hydrogens is 498 g/mol. The summed E-state index contributed by atoms with van der Waals surface area (Å²) in [5.74, 6) is 1.01. The second-order valence-electron chi connectivity index (χ2n) is 8.82. The standard InChI is InChI=1S/C26H31N3O5S2/c1-34-19-8-5-7-18(15-19)29-36(32,33)21-11-12-24-22(16-21)25(30)23(17-28-24)26(31)27-13-6-14-35-20-9-3-2-4-10-20/h5,7-8,11-12,15-17,20,29H,2-4,6,9-10,13-14H2,1H3,(H,27,31)(H,28,30). The number of benzene rings is 2. The van der Waals surface area contributed by atoms with E-state index in [-0.39, 0.29) is 15.8 Å². The fourth-order valence-electron chi connectivity index (χ4n) is 4.29. The predicted molar refractivity (Wildman–Crippen MR) is 145 cm³/mol. The third-order valence-electron chi connectivity index (χ3n) is 6.24. The Bertz CT molecular complexity index is 1380. The molecule has 4 rings (SSSR count). The smallest absolute Gasteiger partial charge is 0.261 e. The molecule has 1 saturated carbocycles. The zero-order valence-corrected chi connectivity index (χ0v) is 21.8. The van der Waals surface area contributed by atoms with E-state index in [1.165, 1.54) is 63.6 Å². The summed E-state index contributed by atoms with van der Waals surface area (Å²) < 4.78 is 33.5. The van der Waals surface area contributed by atoms with Crippen molar-refractivity contribution >= 4 is 44.3 Å². The number of H-pyrrole nitrogens is 1. The first-order chi connectivity index (χ1) is 17.4. The maximum Gasteiger partial charge on any atom is 0.261 e. The highest BCUT2D eigenvalue weighted by atomic mass is 32.2. The topological polar surface area (TPSA) is 117 Å². The van der Waals surface area contributed by atoms with Crippen molar-refractivity contribution in [3.8, 4) is 5.75 Å². The van der Waals surface area contributed by atoms with Crippen molar-refractivity contribution in [2.24, 2.45) is 0 Å². The monoisotopic (exact) mass is 529 g/mol. The molecule has 2 aromatic carbocycles. The van der Waals surface area contributed by atoms with E-state index in [0.29, 0.717) is 23.5 Å². The maximum atomic E-state index is 13.1. The molecule has 0 saturated heterocycles. The van der Waals surface area contributed by atoms with Gasteiger partial charge in [0.1, 0.15) is 11.3 Å². The lowest BCUT2D eigenvalue weighted by Gasteiger charge is -2.20. The van der Waals surface area contributed by atoms with Gasteiger partial charge in [-0.05, 0) is 55.3 Å². The molecule has 1 amide bonds. The molecule has 0 radical (unpaired) electrons. The highest BCUT2D eigenvalue weighted by Gasteiger charge is 2.19. The van der Waals surface area contributed by atoms with Crippen LogP contribution < -0.4 is 20.2 Å². The van der Waals surface area contributed by atoms with Crippen LogP contribution >= 0.6 is 11.8 Å². The molecule has 3 N–H and O–H groups in total. The minimum Gasteiger partial charge on any atom is -0.497 e. The van der Waals surface area contributed by atoms with Gasteiger partial charge in [0.2, 0.25) is 5.43 Å². The van der Waals surface area contributed by atoms with E-state index in [4.69, 9.17) is 4.74 Å². The van der Waals surface area contributed by atoms with Gasteiger partial charge in [-0.1, -0.05) is 25.3 Å². The van der Waals surface area contributed by atoms with Gasteiger partial charge in [0, 0.05) is 35.0 Å². The molecule has 3 aromatic rings. The average Bonchev–Trinajstić information content (AvgIpc) is 2.89. The Labute approximate surface area is 215 Å². The number of aromatic amines is 1. The summed E-state index contributed by atoms with van der Waals surface area (Å²) in [4.78, 5) is 28.6. The highest BCUT2D eigenvalue weighted by Crippen LogP contribution is 2.28. The summed E-state index contributed by atoms with van der Waals surface area (Å²) in [6, 6.07) is 10.7. The van der Waals surface area contributed by atoms with E-state index in [2.05, 4.69) is 15.0 Å². The number of sulfonamides is 1. The predicted octanol–water partition coefficient (Wildman–Crippen LogP) is 4.52. The zero-order chi connectivity index (χ0) is 25.5. The Balaban J connectivity index is 1.44. The van der Waals surface area contributed by atoms with Gasteiger partial charge < -0.3 is 15.0 Å². The summed E-state index contributed by atoms with van der Waals surface area (Å²) in [7, 11) is -2.48. The Morgan fingerprint density at radius 1 is 1.14 bits per heavy atom. The Hall–Kier alpha value is -2.98. The molecule has 0 atom stereocenters. The summed E-state index contributed by atoms with van der Waals surface area (Å²) in [5, 5.41) is 3.67. The van der Waals surface area contributed by atoms with Crippen molar-refractivity contribution < 1.29 is 17.9 Å². The second kappa shape index (κ2) is 11.8. The molecule has 36 heavy (non-hydrogen) atoms. The van der Waals surface area contributed by atoms with E-state index in [1.54, 1.807) is 24.3 Å². The molecule has 1 aliphatic carbocycles. The van der Waals surface area contributed by atoms with Gasteiger partial charge in [-0.3, -0.25) is 14.3 Å². The normalized spacial score (nSPS) is 14.5. The van der Waals surface area contributed by atoms with Gasteiger partial charge in [-0.25, -0.2) is 8.42 Å². The van der Waals surface area contributed by atoms with Gasteiger partial charge in [-0.2, -0.15) is 11.8 Å². The number of ether oxygens (including phenoxy) is 1. The van der Waals surface area contributed by atoms with Crippen LogP contribution in [0.2, 0.25) is 0 Å². The van der Waals surface area contributed by atoms with E-state index in [0.717, 1.165) is 17.4 Å². The number of pyridine rings is 1. The summed E-state index contributed by atoms with van der Waals surface area (Å²) >= 11 is 1.97.